The van der Waals surface area contributed by atoms with E-state index in [-0.39, 0.29) is 0 Å². The molecule has 0 amide bonds. The number of benzene rings is 1. The van der Waals surface area contributed by atoms with E-state index >= 15 is 0 Å². The van der Waals surface area contributed by atoms with E-state index in [1.54, 1.807) is 4.68 Å². The lowest BCUT2D eigenvalue weighted by Gasteiger charge is -2.12. The lowest BCUT2D eigenvalue weighted by Crippen LogP contribution is -2.13. The Kier molecular flexibility index (Phi) is 3.91. The van der Waals surface area contributed by atoms with Gasteiger partial charge in [-0.2, -0.15) is 5.10 Å². The average Bonchev–Trinajstić information content (AvgIpc) is 2.60. The Labute approximate surface area is 126 Å². The van der Waals surface area contributed by atoms with E-state index in [0.29, 0.717) is 4.99 Å². The van der Waals surface area contributed by atoms with Crippen LogP contribution in [0, 0.1) is 13.8 Å². The van der Waals surface area contributed by atoms with Gasteiger partial charge in [-0.3, -0.25) is 4.68 Å². The van der Waals surface area contributed by atoms with Gasteiger partial charge in [0.25, 0.3) is 0 Å². The fraction of sp³-hybridized carbons (Fsp3) is 0.231. The molecule has 4 nitrogen and oxygen atoms in total. The Morgan fingerprint density at radius 3 is 2.74 bits per heavy atom. The number of hydrogen-bond acceptors (Lipinski definition) is 3. The van der Waals surface area contributed by atoms with E-state index in [0.717, 1.165) is 32.8 Å². The zero-order valence-corrected chi connectivity index (χ0v) is 13.4. The van der Waals surface area contributed by atoms with Crippen LogP contribution in [0.4, 0.5) is 11.5 Å². The Bertz CT molecular complexity index is 648. The summed E-state index contributed by atoms with van der Waals surface area (Å²) in [7, 11) is 1.87. The number of aryl methyl sites for hydroxylation is 2. The van der Waals surface area contributed by atoms with Crippen molar-refractivity contribution in [2.45, 2.75) is 13.8 Å². The summed E-state index contributed by atoms with van der Waals surface area (Å²) in [6.07, 6.45) is 0. The molecule has 0 unspecified atom stereocenters. The van der Waals surface area contributed by atoms with Crippen LogP contribution in [0.3, 0.4) is 0 Å². The summed E-state index contributed by atoms with van der Waals surface area (Å²) in [5.74, 6) is 0.811. The van der Waals surface area contributed by atoms with Crippen LogP contribution in [-0.2, 0) is 7.05 Å². The third kappa shape index (κ3) is 2.64. The van der Waals surface area contributed by atoms with Crippen molar-refractivity contribution < 1.29 is 0 Å². The van der Waals surface area contributed by atoms with Crippen molar-refractivity contribution in [3.8, 4) is 0 Å². The number of rotatable bonds is 3. The predicted molar refractivity (Wildman–Crippen MR) is 86.0 cm³/mol. The molecule has 100 valence electrons. The largest absolute Gasteiger partial charge is 0.389 e. The van der Waals surface area contributed by atoms with Gasteiger partial charge in [-0.25, -0.2) is 0 Å². The van der Waals surface area contributed by atoms with Crippen molar-refractivity contribution in [3.05, 3.63) is 39.5 Å². The standard InChI is InChI=1S/C13H15BrN4S/c1-7-9(14)5-4-6-10(7)16-13-11(12(15)19)8(2)17-18(13)3/h4-6,16H,1-3H3,(H2,15,19). The van der Waals surface area contributed by atoms with Gasteiger partial charge >= 0.3 is 0 Å². The molecule has 0 aliphatic heterocycles. The van der Waals surface area contributed by atoms with Crippen molar-refractivity contribution in [2.75, 3.05) is 5.32 Å². The molecule has 0 atom stereocenters. The van der Waals surface area contributed by atoms with Crippen LogP contribution in [0.5, 0.6) is 0 Å². The first-order chi connectivity index (χ1) is 8.91. The second kappa shape index (κ2) is 5.30. The lowest BCUT2D eigenvalue weighted by atomic mass is 10.2. The molecule has 0 saturated heterocycles. The Morgan fingerprint density at radius 2 is 2.11 bits per heavy atom. The Balaban J connectivity index is 2.49. The number of aromatic nitrogens is 2. The molecule has 0 fully saturated rings. The van der Waals surface area contributed by atoms with Gasteiger partial charge in [0.1, 0.15) is 10.8 Å². The number of nitrogens with zero attached hydrogens (tertiary/aromatic N) is 2. The Morgan fingerprint density at radius 1 is 1.42 bits per heavy atom. The van der Waals surface area contributed by atoms with Gasteiger partial charge in [0.2, 0.25) is 0 Å². The molecule has 2 rings (SSSR count). The van der Waals surface area contributed by atoms with Crippen LogP contribution in [0.2, 0.25) is 0 Å². The van der Waals surface area contributed by atoms with Crippen LogP contribution < -0.4 is 11.1 Å². The molecule has 0 radical (unpaired) electrons. The first-order valence-electron chi connectivity index (χ1n) is 5.77. The maximum absolute atomic E-state index is 5.78. The number of hydrogen-bond donors (Lipinski definition) is 2. The fourth-order valence-corrected chi connectivity index (χ4v) is 2.58. The third-order valence-corrected chi connectivity index (χ3v) is 4.05. The van der Waals surface area contributed by atoms with Gasteiger partial charge in [-0.05, 0) is 31.5 Å². The number of nitrogens with one attached hydrogen (secondary N) is 1. The highest BCUT2D eigenvalue weighted by atomic mass is 79.9. The molecule has 1 heterocycles. The van der Waals surface area contributed by atoms with Crippen LogP contribution >= 0.6 is 28.1 Å². The minimum atomic E-state index is 0.348. The van der Waals surface area contributed by atoms with E-state index in [1.807, 2.05) is 39.1 Å². The van der Waals surface area contributed by atoms with Gasteiger partial charge < -0.3 is 11.1 Å². The SMILES string of the molecule is Cc1nn(C)c(Nc2cccc(Br)c2C)c1C(N)=S. The van der Waals surface area contributed by atoms with Crippen LogP contribution in [0.25, 0.3) is 0 Å². The molecular formula is C13H15BrN4S. The second-order valence-electron chi connectivity index (χ2n) is 4.33. The van der Waals surface area contributed by atoms with Gasteiger partial charge in [-0.15, -0.1) is 0 Å². The molecule has 19 heavy (non-hydrogen) atoms. The molecular weight excluding hydrogens is 324 g/mol. The van der Waals surface area contributed by atoms with Crippen molar-refractivity contribution in [2.24, 2.45) is 12.8 Å². The van der Waals surface area contributed by atoms with Gasteiger partial charge in [0.15, 0.2) is 0 Å². The zero-order valence-electron chi connectivity index (χ0n) is 11.0. The minimum Gasteiger partial charge on any atom is -0.389 e. The predicted octanol–water partition coefficient (Wildman–Crippen LogP) is 3.18. The van der Waals surface area contributed by atoms with Crippen LogP contribution in [-0.4, -0.2) is 14.8 Å². The number of halogens is 1. The molecule has 2 aromatic rings. The maximum Gasteiger partial charge on any atom is 0.138 e. The van der Waals surface area contributed by atoms with E-state index in [4.69, 9.17) is 18.0 Å². The Hall–Kier alpha value is -1.40. The van der Waals surface area contributed by atoms with E-state index in [1.165, 1.54) is 0 Å². The number of nitrogens with two attached hydrogens (primary N) is 1. The summed E-state index contributed by atoms with van der Waals surface area (Å²) in [5, 5.41) is 7.71. The lowest BCUT2D eigenvalue weighted by molar-refractivity contribution is 0.765. The highest BCUT2D eigenvalue weighted by molar-refractivity contribution is 9.10. The maximum atomic E-state index is 5.78. The van der Waals surface area contributed by atoms with Crippen molar-refractivity contribution in [3.63, 3.8) is 0 Å². The minimum absolute atomic E-state index is 0.348. The monoisotopic (exact) mass is 338 g/mol. The quantitative estimate of drug-likeness (QED) is 0.844. The summed E-state index contributed by atoms with van der Waals surface area (Å²) in [5.41, 5.74) is 9.51. The van der Waals surface area contributed by atoms with Gasteiger partial charge in [-0.1, -0.05) is 34.2 Å². The molecule has 1 aromatic carbocycles. The van der Waals surface area contributed by atoms with Crippen molar-refractivity contribution in [1.29, 1.82) is 0 Å². The molecule has 0 spiro atoms. The van der Waals surface area contributed by atoms with Gasteiger partial charge in [0, 0.05) is 17.2 Å². The summed E-state index contributed by atoms with van der Waals surface area (Å²) in [4.78, 5) is 0.348. The molecule has 0 aliphatic rings. The topological polar surface area (TPSA) is 55.9 Å². The number of anilines is 2. The molecule has 0 aliphatic carbocycles. The number of thiocarbonyl (C=S) groups is 1. The third-order valence-electron chi connectivity index (χ3n) is 2.99. The smallest absolute Gasteiger partial charge is 0.138 e. The van der Waals surface area contributed by atoms with Crippen LogP contribution in [0.15, 0.2) is 22.7 Å². The molecule has 3 N–H and O–H groups in total. The average molecular weight is 339 g/mol. The first kappa shape index (κ1) is 14.0. The summed E-state index contributed by atoms with van der Waals surface area (Å²) >= 11 is 8.62. The molecule has 6 heteroatoms. The first-order valence-corrected chi connectivity index (χ1v) is 6.97. The fourth-order valence-electron chi connectivity index (χ4n) is 1.97. The van der Waals surface area contributed by atoms with Crippen molar-refractivity contribution >= 4 is 44.6 Å². The highest BCUT2D eigenvalue weighted by Crippen LogP contribution is 2.28. The normalized spacial score (nSPS) is 10.5. The second-order valence-corrected chi connectivity index (χ2v) is 5.63. The van der Waals surface area contributed by atoms with E-state index in [2.05, 4.69) is 26.3 Å². The van der Waals surface area contributed by atoms with E-state index < -0.39 is 0 Å². The van der Waals surface area contributed by atoms with Gasteiger partial charge in [0.05, 0.1) is 11.3 Å². The summed E-state index contributed by atoms with van der Waals surface area (Å²) in [6, 6.07) is 5.98. The molecule has 1 aromatic heterocycles. The van der Waals surface area contributed by atoms with E-state index in [9.17, 15) is 0 Å². The summed E-state index contributed by atoms with van der Waals surface area (Å²) < 4.78 is 2.80. The summed E-state index contributed by atoms with van der Waals surface area (Å²) in [6.45, 7) is 3.93. The highest BCUT2D eigenvalue weighted by Gasteiger charge is 2.16. The molecule has 0 saturated carbocycles. The molecule has 0 bridgehead atoms. The zero-order chi connectivity index (χ0) is 14.2. The van der Waals surface area contributed by atoms with Crippen molar-refractivity contribution in [1.82, 2.24) is 9.78 Å². The van der Waals surface area contributed by atoms with Crippen LogP contribution in [0.1, 0.15) is 16.8 Å².